The van der Waals surface area contributed by atoms with Crippen LogP contribution in [0.4, 0.5) is 9.18 Å². The van der Waals surface area contributed by atoms with Gasteiger partial charge in [0.1, 0.15) is 17.7 Å². The molecule has 6 heteroatoms. The number of ether oxygens (including phenoxy) is 1. The van der Waals surface area contributed by atoms with Crippen molar-refractivity contribution in [2.45, 2.75) is 19.1 Å². The van der Waals surface area contributed by atoms with Crippen LogP contribution in [0.5, 0.6) is 5.75 Å². The molecule has 0 bridgehead atoms. The average Bonchev–Trinajstić information content (AvgIpc) is 2.24. The number of nitrogens with two attached hydrogens (primary N) is 1. The minimum absolute atomic E-state index is 0.103. The molecule has 2 N–H and O–H groups in total. The molecule has 1 fully saturated rings. The highest BCUT2D eigenvalue weighted by Crippen LogP contribution is 2.29. The number of benzene rings is 1. The van der Waals surface area contributed by atoms with Gasteiger partial charge in [-0.3, -0.25) is 0 Å². The maximum absolute atomic E-state index is 12.8. The molecule has 0 spiro atoms. The van der Waals surface area contributed by atoms with Gasteiger partial charge in [0.2, 0.25) is 0 Å². The first kappa shape index (κ1) is 12.0. The smallest absolute Gasteiger partial charge is 0.315 e. The fourth-order valence-corrected chi connectivity index (χ4v) is 1.95. The maximum atomic E-state index is 12.8. The zero-order valence-corrected chi connectivity index (χ0v) is 9.95. The second-order valence-electron chi connectivity index (χ2n) is 3.96. The Morgan fingerprint density at radius 1 is 1.65 bits per heavy atom. The molecule has 0 aliphatic carbocycles. The largest absolute Gasteiger partial charge is 0.485 e. The van der Waals surface area contributed by atoms with Gasteiger partial charge in [-0.1, -0.05) is 11.6 Å². The number of amides is 2. The van der Waals surface area contributed by atoms with Crippen LogP contribution in [0.25, 0.3) is 0 Å². The molecule has 1 saturated heterocycles. The molecule has 1 heterocycles. The Labute approximate surface area is 103 Å². The van der Waals surface area contributed by atoms with Crippen molar-refractivity contribution >= 4 is 17.6 Å². The third-order valence-corrected chi connectivity index (χ3v) is 3.16. The van der Waals surface area contributed by atoms with Crippen LogP contribution >= 0.6 is 11.6 Å². The van der Waals surface area contributed by atoms with Crippen LogP contribution in [0, 0.1) is 5.82 Å². The van der Waals surface area contributed by atoms with Gasteiger partial charge in [0.25, 0.3) is 0 Å². The van der Waals surface area contributed by atoms with Gasteiger partial charge in [0.05, 0.1) is 17.6 Å². The third-order valence-electron chi connectivity index (χ3n) is 2.86. The Morgan fingerprint density at radius 2 is 2.35 bits per heavy atom. The van der Waals surface area contributed by atoms with Crippen molar-refractivity contribution in [3.63, 3.8) is 0 Å². The summed E-state index contributed by atoms with van der Waals surface area (Å²) in [5.41, 5.74) is 5.15. The predicted octanol–water partition coefficient (Wildman–Crippen LogP) is 2.01. The molecule has 17 heavy (non-hydrogen) atoms. The number of primary amides is 1. The van der Waals surface area contributed by atoms with Gasteiger partial charge in [-0.05, 0) is 25.1 Å². The van der Waals surface area contributed by atoms with Crippen LogP contribution < -0.4 is 10.5 Å². The van der Waals surface area contributed by atoms with Crippen LogP contribution in [0.1, 0.15) is 6.92 Å². The Morgan fingerprint density at radius 3 is 2.88 bits per heavy atom. The van der Waals surface area contributed by atoms with Crippen molar-refractivity contribution in [1.29, 1.82) is 0 Å². The quantitative estimate of drug-likeness (QED) is 0.882. The molecule has 2 atom stereocenters. The standard InChI is InChI=1S/C11H12ClFN2O2/c1-6-10(5-15(6)11(14)16)17-9-3-2-7(13)4-8(9)12/h2-4,6,10H,5H2,1H3,(H2,14,16). The lowest BCUT2D eigenvalue weighted by Gasteiger charge is -2.44. The van der Waals surface area contributed by atoms with E-state index in [0.29, 0.717) is 12.3 Å². The number of carbonyl (C=O) groups is 1. The summed E-state index contributed by atoms with van der Waals surface area (Å²) in [6.45, 7) is 2.25. The van der Waals surface area contributed by atoms with Crippen LogP contribution in [-0.4, -0.2) is 29.6 Å². The number of hydrogen-bond acceptors (Lipinski definition) is 2. The Bertz CT molecular complexity index is 455. The van der Waals surface area contributed by atoms with Crippen molar-refractivity contribution in [3.8, 4) is 5.75 Å². The predicted molar refractivity (Wildman–Crippen MR) is 61.6 cm³/mol. The van der Waals surface area contributed by atoms with E-state index in [1.807, 2.05) is 6.92 Å². The molecule has 0 aromatic heterocycles. The van der Waals surface area contributed by atoms with Crippen LogP contribution in [0.3, 0.4) is 0 Å². The van der Waals surface area contributed by atoms with E-state index in [1.54, 1.807) is 0 Å². The monoisotopic (exact) mass is 258 g/mol. The molecular weight excluding hydrogens is 247 g/mol. The highest BCUT2D eigenvalue weighted by atomic mass is 35.5. The fourth-order valence-electron chi connectivity index (χ4n) is 1.74. The van der Waals surface area contributed by atoms with Gasteiger partial charge >= 0.3 is 6.03 Å². The Balaban J connectivity index is 2.01. The lowest BCUT2D eigenvalue weighted by molar-refractivity contribution is -0.00443. The molecule has 4 nitrogen and oxygen atoms in total. The molecule has 0 saturated carbocycles. The van der Waals surface area contributed by atoms with E-state index in [0.717, 1.165) is 0 Å². The molecule has 2 rings (SSSR count). The first-order valence-electron chi connectivity index (χ1n) is 5.17. The summed E-state index contributed by atoms with van der Waals surface area (Å²) in [4.78, 5) is 12.4. The molecule has 92 valence electrons. The van der Waals surface area contributed by atoms with Gasteiger partial charge < -0.3 is 15.4 Å². The molecule has 1 aromatic carbocycles. The molecule has 0 radical (unpaired) electrons. The number of hydrogen-bond donors (Lipinski definition) is 1. The number of urea groups is 1. The molecule has 1 aromatic rings. The zero-order valence-electron chi connectivity index (χ0n) is 9.19. The number of nitrogens with zero attached hydrogens (tertiary/aromatic N) is 1. The number of halogens is 2. The SMILES string of the molecule is CC1C(Oc2ccc(F)cc2Cl)CN1C(N)=O. The van der Waals surface area contributed by atoms with Gasteiger partial charge in [-0.2, -0.15) is 0 Å². The second kappa shape index (κ2) is 4.41. The number of likely N-dealkylation sites (tertiary alicyclic amines) is 1. The number of carbonyl (C=O) groups excluding carboxylic acids is 1. The van der Waals surface area contributed by atoms with Crippen LogP contribution in [0.15, 0.2) is 18.2 Å². The van der Waals surface area contributed by atoms with E-state index in [4.69, 9.17) is 22.1 Å². The van der Waals surface area contributed by atoms with Crippen molar-refractivity contribution < 1.29 is 13.9 Å². The minimum Gasteiger partial charge on any atom is -0.485 e. The summed E-state index contributed by atoms with van der Waals surface area (Å²) in [6, 6.07) is 3.36. The lowest BCUT2D eigenvalue weighted by atomic mass is 10.0. The topological polar surface area (TPSA) is 55.6 Å². The fraction of sp³-hybridized carbons (Fsp3) is 0.364. The molecular formula is C11H12ClFN2O2. The van der Waals surface area contributed by atoms with Crippen molar-refractivity contribution in [1.82, 2.24) is 4.90 Å². The third kappa shape index (κ3) is 2.29. The van der Waals surface area contributed by atoms with E-state index < -0.39 is 11.8 Å². The first-order valence-corrected chi connectivity index (χ1v) is 5.54. The van der Waals surface area contributed by atoms with E-state index >= 15 is 0 Å². The van der Waals surface area contributed by atoms with E-state index in [9.17, 15) is 9.18 Å². The highest BCUT2D eigenvalue weighted by Gasteiger charge is 2.39. The summed E-state index contributed by atoms with van der Waals surface area (Å²) in [5.74, 6) is -0.00296. The summed E-state index contributed by atoms with van der Waals surface area (Å²) in [7, 11) is 0. The Hall–Kier alpha value is -1.49. The molecule has 1 aliphatic rings. The van der Waals surface area contributed by atoms with Crippen molar-refractivity contribution in [3.05, 3.63) is 29.0 Å². The average molecular weight is 259 g/mol. The van der Waals surface area contributed by atoms with Crippen LogP contribution in [-0.2, 0) is 0 Å². The van der Waals surface area contributed by atoms with Crippen molar-refractivity contribution in [2.24, 2.45) is 5.73 Å². The van der Waals surface area contributed by atoms with Gasteiger partial charge in [-0.15, -0.1) is 0 Å². The van der Waals surface area contributed by atoms with Crippen molar-refractivity contribution in [2.75, 3.05) is 6.54 Å². The maximum Gasteiger partial charge on any atom is 0.315 e. The zero-order chi connectivity index (χ0) is 12.6. The second-order valence-corrected chi connectivity index (χ2v) is 4.37. The Kier molecular flexibility index (Phi) is 3.11. The first-order chi connectivity index (χ1) is 7.99. The lowest BCUT2D eigenvalue weighted by Crippen LogP contribution is -2.64. The molecule has 1 aliphatic heterocycles. The summed E-state index contributed by atoms with van der Waals surface area (Å²) in [6.07, 6.45) is -0.162. The van der Waals surface area contributed by atoms with Gasteiger partial charge in [-0.25, -0.2) is 9.18 Å². The van der Waals surface area contributed by atoms with Gasteiger partial charge in [0, 0.05) is 0 Å². The molecule has 2 amide bonds. The highest BCUT2D eigenvalue weighted by molar-refractivity contribution is 6.32. The van der Waals surface area contributed by atoms with E-state index in [1.165, 1.54) is 23.1 Å². The van der Waals surface area contributed by atoms with E-state index in [-0.39, 0.29) is 17.2 Å². The summed E-state index contributed by atoms with van der Waals surface area (Å²) >= 11 is 5.83. The van der Waals surface area contributed by atoms with Gasteiger partial charge in [0.15, 0.2) is 0 Å². The normalized spacial score (nSPS) is 23.1. The minimum atomic E-state index is -0.470. The van der Waals surface area contributed by atoms with Crippen LogP contribution in [0.2, 0.25) is 5.02 Å². The summed E-state index contributed by atoms with van der Waals surface area (Å²) < 4.78 is 18.4. The summed E-state index contributed by atoms with van der Waals surface area (Å²) in [5, 5.41) is 0.217. The number of rotatable bonds is 2. The molecule has 2 unspecified atom stereocenters. The van der Waals surface area contributed by atoms with E-state index in [2.05, 4.69) is 0 Å².